The number of benzene rings is 2. The van der Waals surface area contributed by atoms with Gasteiger partial charge in [0.25, 0.3) is 11.8 Å². The first-order valence-corrected chi connectivity index (χ1v) is 8.28. The molecule has 7 nitrogen and oxygen atoms in total. The van der Waals surface area contributed by atoms with E-state index in [0.29, 0.717) is 5.56 Å². The highest BCUT2D eigenvalue weighted by Gasteiger charge is 2.19. The summed E-state index contributed by atoms with van der Waals surface area (Å²) in [7, 11) is 0. The molecule has 7 N–H and O–H groups in total. The van der Waals surface area contributed by atoms with Gasteiger partial charge in [0.15, 0.2) is 0 Å². The molecular weight excluding hydrogens is 344 g/mol. The van der Waals surface area contributed by atoms with Crippen molar-refractivity contribution in [1.82, 2.24) is 10.8 Å². The molecule has 0 aliphatic carbocycles. The average molecular weight is 366 g/mol. The molecule has 2 aromatic carbocycles. The SMILES string of the molecule is NC[C@H](NC(=O)c1ccc(C=CC=Cc2ccc(N)cc2)cc1)C(=O)NO. The second kappa shape index (κ2) is 9.91. The summed E-state index contributed by atoms with van der Waals surface area (Å²) in [4.78, 5) is 23.5. The molecule has 27 heavy (non-hydrogen) atoms. The van der Waals surface area contributed by atoms with Gasteiger partial charge >= 0.3 is 0 Å². The monoisotopic (exact) mass is 366 g/mol. The molecule has 0 fully saturated rings. The Morgan fingerprint density at radius 3 is 1.96 bits per heavy atom. The number of anilines is 1. The molecule has 0 bridgehead atoms. The van der Waals surface area contributed by atoms with Gasteiger partial charge in [-0.15, -0.1) is 0 Å². The van der Waals surface area contributed by atoms with E-state index in [2.05, 4.69) is 5.32 Å². The quantitative estimate of drug-likeness (QED) is 0.220. The normalized spacial score (nSPS) is 12.2. The minimum Gasteiger partial charge on any atom is -0.399 e. The molecule has 0 aliphatic rings. The van der Waals surface area contributed by atoms with Gasteiger partial charge in [0.2, 0.25) is 0 Å². The average Bonchev–Trinajstić information content (AvgIpc) is 2.70. The van der Waals surface area contributed by atoms with Crippen LogP contribution in [-0.4, -0.2) is 29.6 Å². The van der Waals surface area contributed by atoms with Crippen molar-refractivity contribution >= 4 is 29.7 Å². The van der Waals surface area contributed by atoms with Crippen LogP contribution in [-0.2, 0) is 4.79 Å². The summed E-state index contributed by atoms with van der Waals surface area (Å²) in [6.45, 7) is -0.126. The number of nitrogens with one attached hydrogen (secondary N) is 2. The second-order valence-electron chi connectivity index (χ2n) is 5.74. The van der Waals surface area contributed by atoms with Crippen LogP contribution in [0.15, 0.2) is 60.7 Å². The Balaban J connectivity index is 1.94. The fourth-order valence-corrected chi connectivity index (χ4v) is 2.24. The van der Waals surface area contributed by atoms with Crippen molar-refractivity contribution in [3.63, 3.8) is 0 Å². The van der Waals surface area contributed by atoms with Crippen LogP contribution in [0.25, 0.3) is 12.2 Å². The number of carbonyl (C=O) groups is 2. The van der Waals surface area contributed by atoms with Crippen LogP contribution >= 0.6 is 0 Å². The molecule has 0 saturated heterocycles. The van der Waals surface area contributed by atoms with Crippen molar-refractivity contribution in [2.24, 2.45) is 5.73 Å². The van der Waals surface area contributed by atoms with Crippen molar-refractivity contribution in [3.05, 3.63) is 77.4 Å². The highest BCUT2D eigenvalue weighted by atomic mass is 16.5. The number of hydrogen-bond acceptors (Lipinski definition) is 5. The summed E-state index contributed by atoms with van der Waals surface area (Å²) in [6, 6.07) is 13.4. The lowest BCUT2D eigenvalue weighted by Crippen LogP contribution is -2.50. The maximum atomic E-state index is 12.1. The predicted molar refractivity (Wildman–Crippen MR) is 106 cm³/mol. The van der Waals surface area contributed by atoms with E-state index < -0.39 is 17.9 Å². The molecule has 1 atom stereocenters. The highest BCUT2D eigenvalue weighted by molar-refractivity contribution is 5.97. The van der Waals surface area contributed by atoms with E-state index in [1.807, 2.05) is 48.6 Å². The Morgan fingerprint density at radius 2 is 1.48 bits per heavy atom. The summed E-state index contributed by atoms with van der Waals surface area (Å²) in [6.07, 6.45) is 7.65. The number of carbonyl (C=O) groups excluding carboxylic acids is 2. The van der Waals surface area contributed by atoms with E-state index in [-0.39, 0.29) is 6.54 Å². The van der Waals surface area contributed by atoms with Crippen molar-refractivity contribution < 1.29 is 14.8 Å². The number of allylic oxidation sites excluding steroid dienone is 2. The first-order chi connectivity index (χ1) is 13.0. The first-order valence-electron chi connectivity index (χ1n) is 8.28. The van der Waals surface area contributed by atoms with Gasteiger partial charge in [-0.2, -0.15) is 0 Å². The van der Waals surface area contributed by atoms with E-state index in [1.54, 1.807) is 24.3 Å². The smallest absolute Gasteiger partial charge is 0.267 e. The summed E-state index contributed by atoms with van der Waals surface area (Å²) in [5.74, 6) is -1.22. The van der Waals surface area contributed by atoms with Gasteiger partial charge in [0.05, 0.1) is 0 Å². The molecule has 2 amide bonds. The van der Waals surface area contributed by atoms with Gasteiger partial charge < -0.3 is 16.8 Å². The minimum absolute atomic E-state index is 0.126. The molecule has 0 aromatic heterocycles. The number of nitrogens with two attached hydrogens (primary N) is 2. The number of hydrogen-bond donors (Lipinski definition) is 5. The number of nitrogen functional groups attached to an aromatic ring is 1. The van der Waals surface area contributed by atoms with Gasteiger partial charge in [0, 0.05) is 17.8 Å². The third kappa shape index (κ3) is 6.10. The van der Waals surface area contributed by atoms with Crippen LogP contribution in [0.3, 0.4) is 0 Å². The maximum Gasteiger partial charge on any atom is 0.267 e. The lowest BCUT2D eigenvalue weighted by molar-refractivity contribution is -0.130. The molecule has 0 spiro atoms. The van der Waals surface area contributed by atoms with Crippen molar-refractivity contribution in [2.45, 2.75) is 6.04 Å². The van der Waals surface area contributed by atoms with Crippen molar-refractivity contribution in [2.75, 3.05) is 12.3 Å². The summed E-state index contributed by atoms with van der Waals surface area (Å²) >= 11 is 0. The van der Waals surface area contributed by atoms with Gasteiger partial charge in [-0.3, -0.25) is 14.8 Å². The number of amides is 2. The second-order valence-corrected chi connectivity index (χ2v) is 5.74. The summed E-state index contributed by atoms with van der Waals surface area (Å²) in [5, 5.41) is 11.1. The summed E-state index contributed by atoms with van der Waals surface area (Å²) < 4.78 is 0. The zero-order valence-electron chi connectivity index (χ0n) is 14.6. The van der Waals surface area contributed by atoms with Crippen LogP contribution in [0.2, 0.25) is 0 Å². The van der Waals surface area contributed by atoms with Gasteiger partial charge in [-0.05, 0) is 35.4 Å². The summed E-state index contributed by atoms with van der Waals surface area (Å²) in [5.41, 5.74) is 15.6. The maximum absolute atomic E-state index is 12.1. The van der Waals surface area contributed by atoms with Crippen molar-refractivity contribution in [1.29, 1.82) is 0 Å². The lowest BCUT2D eigenvalue weighted by atomic mass is 10.1. The van der Waals surface area contributed by atoms with E-state index in [4.69, 9.17) is 16.7 Å². The van der Waals surface area contributed by atoms with Crippen LogP contribution in [0, 0.1) is 0 Å². The molecule has 0 heterocycles. The van der Waals surface area contributed by atoms with Gasteiger partial charge in [-0.25, -0.2) is 5.48 Å². The van der Waals surface area contributed by atoms with E-state index in [1.165, 1.54) is 5.48 Å². The first kappa shape index (κ1) is 19.9. The highest BCUT2D eigenvalue weighted by Crippen LogP contribution is 2.09. The van der Waals surface area contributed by atoms with Gasteiger partial charge in [0.1, 0.15) is 6.04 Å². The van der Waals surface area contributed by atoms with Crippen molar-refractivity contribution in [3.8, 4) is 0 Å². The molecule has 7 heteroatoms. The fourth-order valence-electron chi connectivity index (χ4n) is 2.24. The van der Waals surface area contributed by atoms with Crippen LogP contribution < -0.4 is 22.3 Å². The molecule has 0 saturated carbocycles. The van der Waals surface area contributed by atoms with E-state index >= 15 is 0 Å². The third-order valence-electron chi connectivity index (χ3n) is 3.77. The van der Waals surface area contributed by atoms with Gasteiger partial charge in [-0.1, -0.05) is 48.6 Å². The van der Waals surface area contributed by atoms with Crippen LogP contribution in [0.4, 0.5) is 5.69 Å². The van der Waals surface area contributed by atoms with E-state index in [0.717, 1.165) is 16.8 Å². The molecule has 0 unspecified atom stereocenters. The molecule has 0 aliphatic heterocycles. The standard InChI is InChI=1S/C20H22N4O3/c21-13-18(20(26)24-27)23-19(25)16-9-5-14(6-10-16)3-1-2-4-15-7-11-17(22)12-8-15/h1-12,18,27H,13,21-22H2,(H,23,25)(H,24,26)/t18-/m0/s1. The molecule has 0 radical (unpaired) electrons. The Morgan fingerprint density at radius 1 is 0.963 bits per heavy atom. The van der Waals surface area contributed by atoms with Crippen LogP contribution in [0.5, 0.6) is 0 Å². The molecule has 2 rings (SSSR count). The largest absolute Gasteiger partial charge is 0.399 e. The molecular formula is C20H22N4O3. The number of rotatable bonds is 7. The minimum atomic E-state index is -0.999. The van der Waals surface area contributed by atoms with E-state index in [9.17, 15) is 9.59 Å². The Bertz CT molecular complexity index is 827. The molecule has 140 valence electrons. The fraction of sp³-hybridized carbons (Fsp3) is 0.100. The Kier molecular flexibility index (Phi) is 7.30. The zero-order valence-corrected chi connectivity index (χ0v) is 14.6. The predicted octanol–water partition coefficient (Wildman–Crippen LogP) is 1.56. The zero-order chi connectivity index (χ0) is 19.6. The van der Waals surface area contributed by atoms with Crippen LogP contribution in [0.1, 0.15) is 21.5 Å². The molecule has 2 aromatic rings. The lowest BCUT2D eigenvalue weighted by Gasteiger charge is -2.14. The number of hydroxylamine groups is 1. The Labute approximate surface area is 157 Å². The third-order valence-corrected chi connectivity index (χ3v) is 3.77. The topological polar surface area (TPSA) is 130 Å². The Hall–Kier alpha value is -3.42.